The molecule has 8 heteroatoms. The highest BCUT2D eigenvalue weighted by molar-refractivity contribution is 6.34. The van der Waals surface area contributed by atoms with Crippen LogP contribution in [0, 0.1) is 10.1 Å². The van der Waals surface area contributed by atoms with E-state index in [1.165, 1.54) is 24.3 Å². The lowest BCUT2D eigenvalue weighted by Crippen LogP contribution is -2.23. The zero-order valence-corrected chi connectivity index (χ0v) is 12.4. The van der Waals surface area contributed by atoms with E-state index in [0.29, 0.717) is 5.56 Å². The number of carboxylic acids is 1. The number of aromatic carboxylic acids is 1. The number of nitrogens with one attached hydrogen (secondary N) is 1. The summed E-state index contributed by atoms with van der Waals surface area (Å²) in [4.78, 5) is 32.8. The fourth-order valence-corrected chi connectivity index (χ4v) is 2.11. The fraction of sp³-hybridized carbons (Fsp3) is 0.0667. The number of benzene rings is 2. The molecule has 1 amide bonds. The summed E-state index contributed by atoms with van der Waals surface area (Å²) in [6, 6.07) is 9.62. The molecular weight excluding hydrogens is 324 g/mol. The zero-order valence-electron chi connectivity index (χ0n) is 11.7. The average Bonchev–Trinajstić information content (AvgIpc) is 2.52. The molecule has 0 saturated carbocycles. The van der Waals surface area contributed by atoms with Gasteiger partial charge in [0.05, 0.1) is 21.1 Å². The Morgan fingerprint density at radius 3 is 2.35 bits per heavy atom. The van der Waals surface area contributed by atoms with E-state index in [4.69, 9.17) is 16.7 Å². The maximum Gasteiger partial charge on any atom is 0.335 e. The molecule has 7 nitrogen and oxygen atoms in total. The second-order valence-electron chi connectivity index (χ2n) is 4.61. The Kier molecular flexibility index (Phi) is 4.92. The van der Waals surface area contributed by atoms with Gasteiger partial charge in [-0.2, -0.15) is 0 Å². The number of non-ortho nitro benzene ring substituents is 1. The molecule has 0 aliphatic carbocycles. The van der Waals surface area contributed by atoms with Gasteiger partial charge in [0.25, 0.3) is 11.6 Å². The van der Waals surface area contributed by atoms with E-state index in [1.54, 1.807) is 12.1 Å². The highest BCUT2D eigenvalue weighted by atomic mass is 35.5. The lowest BCUT2D eigenvalue weighted by atomic mass is 10.1. The van der Waals surface area contributed by atoms with Crippen LogP contribution in [0.4, 0.5) is 5.69 Å². The van der Waals surface area contributed by atoms with Crippen LogP contribution < -0.4 is 5.32 Å². The van der Waals surface area contributed by atoms with E-state index >= 15 is 0 Å². The van der Waals surface area contributed by atoms with Gasteiger partial charge in [0.1, 0.15) is 0 Å². The Bertz CT molecular complexity index is 774. The summed E-state index contributed by atoms with van der Waals surface area (Å²) in [6.07, 6.45) is 0. The largest absolute Gasteiger partial charge is 0.478 e. The highest BCUT2D eigenvalue weighted by Gasteiger charge is 2.14. The SMILES string of the molecule is O=C(O)c1ccc(CNC(=O)c2ccc([N+](=O)[O-])cc2Cl)cc1. The van der Waals surface area contributed by atoms with Crippen molar-refractivity contribution in [2.75, 3.05) is 0 Å². The maximum atomic E-state index is 12.0. The smallest absolute Gasteiger partial charge is 0.335 e. The van der Waals surface area contributed by atoms with Crippen LogP contribution in [-0.4, -0.2) is 21.9 Å². The third kappa shape index (κ3) is 4.04. The number of nitrogens with zero attached hydrogens (tertiary/aromatic N) is 1. The van der Waals surface area contributed by atoms with Crippen LogP contribution in [0.3, 0.4) is 0 Å². The number of amides is 1. The number of nitro benzene ring substituents is 1. The molecule has 0 aliphatic rings. The quantitative estimate of drug-likeness (QED) is 0.645. The van der Waals surface area contributed by atoms with Crippen molar-refractivity contribution in [3.8, 4) is 0 Å². The molecule has 2 N–H and O–H groups in total. The molecule has 0 atom stereocenters. The van der Waals surface area contributed by atoms with Crippen molar-refractivity contribution >= 4 is 29.2 Å². The molecule has 2 aromatic rings. The van der Waals surface area contributed by atoms with Gasteiger partial charge >= 0.3 is 5.97 Å². The summed E-state index contributed by atoms with van der Waals surface area (Å²) in [5.74, 6) is -1.51. The molecule has 0 saturated heterocycles. The molecule has 118 valence electrons. The monoisotopic (exact) mass is 334 g/mol. The summed E-state index contributed by atoms with van der Waals surface area (Å²) in [6.45, 7) is 0.173. The van der Waals surface area contributed by atoms with E-state index in [0.717, 1.165) is 6.07 Å². The molecule has 0 radical (unpaired) electrons. The molecule has 0 aliphatic heterocycles. The minimum atomic E-state index is -1.03. The Labute approximate surface area is 135 Å². The van der Waals surface area contributed by atoms with Gasteiger partial charge in [-0.15, -0.1) is 0 Å². The van der Waals surface area contributed by atoms with Crippen molar-refractivity contribution < 1.29 is 19.6 Å². The van der Waals surface area contributed by atoms with E-state index in [9.17, 15) is 19.7 Å². The Morgan fingerprint density at radius 2 is 1.83 bits per heavy atom. The zero-order chi connectivity index (χ0) is 17.0. The van der Waals surface area contributed by atoms with Gasteiger partial charge in [0, 0.05) is 18.7 Å². The van der Waals surface area contributed by atoms with Crippen LogP contribution in [0.1, 0.15) is 26.3 Å². The van der Waals surface area contributed by atoms with Crippen LogP contribution in [-0.2, 0) is 6.54 Å². The molecule has 0 unspecified atom stereocenters. The molecule has 0 fully saturated rings. The summed E-state index contributed by atoms with van der Waals surface area (Å²) in [5, 5.41) is 22.0. The van der Waals surface area contributed by atoms with Gasteiger partial charge in [0.2, 0.25) is 0 Å². The minimum absolute atomic E-state index is 0.0158. The van der Waals surface area contributed by atoms with Crippen LogP contribution in [0.2, 0.25) is 5.02 Å². The number of hydrogen-bond acceptors (Lipinski definition) is 4. The van der Waals surface area contributed by atoms with Crippen molar-refractivity contribution in [3.63, 3.8) is 0 Å². The van der Waals surface area contributed by atoms with Gasteiger partial charge in [-0.05, 0) is 23.8 Å². The fourth-order valence-electron chi connectivity index (χ4n) is 1.84. The summed E-state index contributed by atoms with van der Waals surface area (Å²) >= 11 is 5.88. The Hall–Kier alpha value is -2.93. The first-order valence-corrected chi connectivity index (χ1v) is 6.80. The first-order valence-electron chi connectivity index (χ1n) is 6.43. The first kappa shape index (κ1) is 16.4. The second kappa shape index (κ2) is 6.89. The topological polar surface area (TPSA) is 110 Å². The molecule has 2 rings (SSSR count). The third-order valence-electron chi connectivity index (χ3n) is 3.06. The van der Waals surface area contributed by atoms with Crippen LogP contribution >= 0.6 is 11.6 Å². The normalized spacial score (nSPS) is 10.1. The van der Waals surface area contributed by atoms with Crippen LogP contribution in [0.15, 0.2) is 42.5 Å². The number of carbonyl (C=O) groups excluding carboxylic acids is 1. The predicted octanol–water partition coefficient (Wildman–Crippen LogP) is 2.88. The lowest BCUT2D eigenvalue weighted by molar-refractivity contribution is -0.384. The highest BCUT2D eigenvalue weighted by Crippen LogP contribution is 2.22. The van der Waals surface area contributed by atoms with Crippen molar-refractivity contribution in [2.45, 2.75) is 6.54 Å². The molecule has 0 heterocycles. The minimum Gasteiger partial charge on any atom is -0.478 e. The predicted molar refractivity (Wildman–Crippen MR) is 82.7 cm³/mol. The summed E-state index contributed by atoms with van der Waals surface area (Å²) in [5.41, 5.74) is 0.787. The van der Waals surface area contributed by atoms with E-state index < -0.39 is 16.8 Å². The third-order valence-corrected chi connectivity index (χ3v) is 3.37. The Balaban J connectivity index is 2.04. The van der Waals surface area contributed by atoms with E-state index in [-0.39, 0.29) is 28.4 Å². The lowest BCUT2D eigenvalue weighted by Gasteiger charge is -2.07. The maximum absolute atomic E-state index is 12.0. The molecule has 0 bridgehead atoms. The number of nitro groups is 1. The molecule has 0 aromatic heterocycles. The average molecular weight is 335 g/mol. The van der Waals surface area contributed by atoms with Gasteiger partial charge in [-0.25, -0.2) is 4.79 Å². The standard InChI is InChI=1S/C15H11ClN2O5/c16-13-7-11(18(22)23)5-6-12(13)14(19)17-8-9-1-3-10(4-2-9)15(20)21/h1-7H,8H2,(H,17,19)(H,20,21). The molecule has 0 spiro atoms. The van der Waals surface area contributed by atoms with Crippen LogP contribution in [0.5, 0.6) is 0 Å². The molecule has 23 heavy (non-hydrogen) atoms. The number of carboxylic acid groups (broad SMARTS) is 1. The van der Waals surface area contributed by atoms with Crippen molar-refractivity contribution in [2.24, 2.45) is 0 Å². The molecule has 2 aromatic carbocycles. The van der Waals surface area contributed by atoms with Crippen molar-refractivity contribution in [1.29, 1.82) is 0 Å². The van der Waals surface area contributed by atoms with Crippen molar-refractivity contribution in [1.82, 2.24) is 5.32 Å². The first-order chi connectivity index (χ1) is 10.9. The molecular formula is C15H11ClN2O5. The summed E-state index contributed by atoms with van der Waals surface area (Å²) < 4.78 is 0. The van der Waals surface area contributed by atoms with Gasteiger partial charge in [0.15, 0.2) is 0 Å². The Morgan fingerprint density at radius 1 is 1.17 bits per heavy atom. The second-order valence-corrected chi connectivity index (χ2v) is 5.01. The van der Waals surface area contributed by atoms with Gasteiger partial charge in [-0.3, -0.25) is 14.9 Å². The van der Waals surface area contributed by atoms with Gasteiger partial charge in [-0.1, -0.05) is 23.7 Å². The number of rotatable bonds is 5. The number of halogens is 1. The number of hydrogen-bond donors (Lipinski definition) is 2. The van der Waals surface area contributed by atoms with E-state index in [1.807, 2.05) is 0 Å². The van der Waals surface area contributed by atoms with E-state index in [2.05, 4.69) is 5.32 Å². The van der Waals surface area contributed by atoms with Crippen LogP contribution in [0.25, 0.3) is 0 Å². The number of carbonyl (C=O) groups is 2. The van der Waals surface area contributed by atoms with Gasteiger partial charge < -0.3 is 10.4 Å². The van der Waals surface area contributed by atoms with Crippen molar-refractivity contribution in [3.05, 3.63) is 74.3 Å². The summed E-state index contributed by atoms with van der Waals surface area (Å²) in [7, 11) is 0.